The lowest BCUT2D eigenvalue weighted by atomic mass is 10.00. The second kappa shape index (κ2) is 4.87. The van der Waals surface area contributed by atoms with Gasteiger partial charge in [-0.15, -0.1) is 0 Å². The summed E-state index contributed by atoms with van der Waals surface area (Å²) in [5.74, 6) is -1.70. The molecule has 0 bridgehead atoms. The van der Waals surface area contributed by atoms with Gasteiger partial charge in [-0.3, -0.25) is 4.79 Å². The number of carbonyl (C=O) groups is 2. The monoisotopic (exact) mass is 277 g/mol. The minimum absolute atomic E-state index is 0.300. The van der Waals surface area contributed by atoms with Crippen LogP contribution in [-0.2, 0) is 19.4 Å². The van der Waals surface area contributed by atoms with Gasteiger partial charge in [0.05, 0.1) is 0 Å². The van der Waals surface area contributed by atoms with Gasteiger partial charge >= 0.3 is 5.97 Å². The Hall–Kier alpha value is -1.11. The van der Waals surface area contributed by atoms with E-state index in [0.717, 1.165) is 12.7 Å². The third kappa shape index (κ3) is 2.66. The summed E-state index contributed by atoms with van der Waals surface area (Å²) >= 11 is 0. The minimum Gasteiger partial charge on any atom is -0.480 e. The van der Waals surface area contributed by atoms with Gasteiger partial charge in [-0.1, -0.05) is 0 Å². The average Bonchev–Trinajstić information content (AvgIpc) is 2.26. The standard InChI is InChI=1S/C11H19NO5S/c1-11(2,18(3,16)17)10(15)12-7-5-4-6-8(12)9(13)14/h8H,4-7H2,1-3H3,(H,13,14)/t8-/m0/s1. The van der Waals surface area contributed by atoms with E-state index < -0.39 is 32.5 Å². The highest BCUT2D eigenvalue weighted by molar-refractivity contribution is 7.92. The molecule has 1 aliphatic rings. The lowest BCUT2D eigenvalue weighted by Gasteiger charge is -2.37. The van der Waals surface area contributed by atoms with Crippen LogP contribution in [0.25, 0.3) is 0 Å². The van der Waals surface area contributed by atoms with Crippen molar-refractivity contribution in [3.63, 3.8) is 0 Å². The zero-order valence-corrected chi connectivity index (χ0v) is 11.7. The maximum atomic E-state index is 12.3. The van der Waals surface area contributed by atoms with Gasteiger partial charge in [-0.05, 0) is 33.1 Å². The molecule has 0 radical (unpaired) electrons. The van der Waals surface area contributed by atoms with E-state index in [-0.39, 0.29) is 0 Å². The molecular weight excluding hydrogens is 258 g/mol. The van der Waals surface area contributed by atoms with Crippen LogP contribution >= 0.6 is 0 Å². The molecule has 6 nitrogen and oxygen atoms in total. The second-order valence-electron chi connectivity index (χ2n) is 5.13. The van der Waals surface area contributed by atoms with E-state index in [1.807, 2.05) is 0 Å². The van der Waals surface area contributed by atoms with E-state index in [1.54, 1.807) is 0 Å². The molecule has 1 heterocycles. The number of carboxylic acids is 1. The normalized spacial score (nSPS) is 21.7. The van der Waals surface area contributed by atoms with Gasteiger partial charge < -0.3 is 10.0 Å². The van der Waals surface area contributed by atoms with Gasteiger partial charge in [0.2, 0.25) is 5.91 Å². The molecule has 1 N–H and O–H groups in total. The Morgan fingerprint density at radius 3 is 2.28 bits per heavy atom. The number of hydrogen-bond acceptors (Lipinski definition) is 4. The first kappa shape index (κ1) is 14.9. The quantitative estimate of drug-likeness (QED) is 0.799. The lowest BCUT2D eigenvalue weighted by Crippen LogP contribution is -2.56. The Morgan fingerprint density at radius 2 is 1.83 bits per heavy atom. The molecule has 1 saturated heterocycles. The number of carboxylic acid groups (broad SMARTS) is 1. The Labute approximate surface area is 107 Å². The molecule has 1 atom stereocenters. The summed E-state index contributed by atoms with van der Waals surface area (Å²) < 4.78 is 21.7. The fraction of sp³-hybridized carbons (Fsp3) is 0.818. The summed E-state index contributed by atoms with van der Waals surface area (Å²) in [5, 5.41) is 9.08. The maximum absolute atomic E-state index is 12.3. The number of carbonyl (C=O) groups excluding carboxylic acids is 1. The van der Waals surface area contributed by atoms with Crippen LogP contribution in [-0.4, -0.2) is 53.9 Å². The zero-order chi connectivity index (χ0) is 14.1. The van der Waals surface area contributed by atoms with Gasteiger partial charge in [0.15, 0.2) is 9.84 Å². The van der Waals surface area contributed by atoms with Crippen molar-refractivity contribution in [1.29, 1.82) is 0 Å². The van der Waals surface area contributed by atoms with Crippen LogP contribution in [0.3, 0.4) is 0 Å². The van der Waals surface area contributed by atoms with E-state index in [0.29, 0.717) is 19.4 Å². The predicted octanol–water partition coefficient (Wildman–Crippen LogP) is 0.275. The van der Waals surface area contributed by atoms with Gasteiger partial charge in [-0.2, -0.15) is 0 Å². The smallest absolute Gasteiger partial charge is 0.326 e. The van der Waals surface area contributed by atoms with Crippen LogP contribution in [0.15, 0.2) is 0 Å². The molecule has 7 heteroatoms. The Balaban J connectivity index is 3.05. The lowest BCUT2D eigenvalue weighted by molar-refractivity contribution is -0.152. The predicted molar refractivity (Wildman–Crippen MR) is 65.9 cm³/mol. The number of rotatable bonds is 3. The fourth-order valence-corrected chi connectivity index (χ4v) is 2.37. The summed E-state index contributed by atoms with van der Waals surface area (Å²) in [4.78, 5) is 24.6. The van der Waals surface area contributed by atoms with E-state index in [1.165, 1.54) is 18.7 Å². The number of nitrogens with zero attached hydrogens (tertiary/aromatic N) is 1. The second-order valence-corrected chi connectivity index (χ2v) is 7.70. The van der Waals surface area contributed by atoms with Crippen LogP contribution in [0.4, 0.5) is 0 Å². The largest absolute Gasteiger partial charge is 0.480 e. The molecular formula is C11H19NO5S. The molecule has 1 amide bonds. The van der Waals surface area contributed by atoms with Crippen molar-refractivity contribution in [3.05, 3.63) is 0 Å². The van der Waals surface area contributed by atoms with Crippen molar-refractivity contribution < 1.29 is 23.1 Å². The number of likely N-dealkylation sites (tertiary alicyclic amines) is 1. The van der Waals surface area contributed by atoms with Crippen molar-refractivity contribution >= 4 is 21.7 Å². The van der Waals surface area contributed by atoms with Crippen molar-refractivity contribution in [2.24, 2.45) is 0 Å². The fourth-order valence-electron chi connectivity index (χ4n) is 1.94. The molecule has 1 aliphatic heterocycles. The molecule has 104 valence electrons. The molecule has 0 aromatic rings. The van der Waals surface area contributed by atoms with Crippen LogP contribution in [0.5, 0.6) is 0 Å². The van der Waals surface area contributed by atoms with Crippen LogP contribution < -0.4 is 0 Å². The van der Waals surface area contributed by atoms with Crippen molar-refractivity contribution in [2.45, 2.75) is 43.9 Å². The first-order valence-electron chi connectivity index (χ1n) is 5.82. The third-order valence-electron chi connectivity index (χ3n) is 3.49. The molecule has 1 rings (SSSR count). The first-order valence-corrected chi connectivity index (χ1v) is 7.71. The third-order valence-corrected chi connectivity index (χ3v) is 5.52. The highest BCUT2D eigenvalue weighted by atomic mass is 32.2. The van der Waals surface area contributed by atoms with Crippen LogP contribution in [0, 0.1) is 0 Å². The van der Waals surface area contributed by atoms with Gasteiger partial charge in [0, 0.05) is 12.8 Å². The van der Waals surface area contributed by atoms with E-state index >= 15 is 0 Å². The molecule has 0 saturated carbocycles. The number of hydrogen-bond donors (Lipinski definition) is 1. The topological polar surface area (TPSA) is 91.8 Å². The summed E-state index contributed by atoms with van der Waals surface area (Å²) in [6.07, 6.45) is 2.81. The van der Waals surface area contributed by atoms with Gasteiger partial charge in [0.1, 0.15) is 10.8 Å². The van der Waals surface area contributed by atoms with Crippen LogP contribution in [0.2, 0.25) is 0 Å². The summed E-state index contributed by atoms with van der Waals surface area (Å²) in [6.45, 7) is 2.94. The summed E-state index contributed by atoms with van der Waals surface area (Å²) in [5.41, 5.74) is 0. The summed E-state index contributed by atoms with van der Waals surface area (Å²) in [7, 11) is -3.58. The minimum atomic E-state index is -3.58. The van der Waals surface area contributed by atoms with Gasteiger partial charge in [0.25, 0.3) is 0 Å². The molecule has 1 fully saturated rings. The van der Waals surface area contributed by atoms with Crippen molar-refractivity contribution in [1.82, 2.24) is 4.90 Å². The van der Waals surface area contributed by atoms with E-state index in [2.05, 4.69) is 0 Å². The van der Waals surface area contributed by atoms with Crippen LogP contribution in [0.1, 0.15) is 33.1 Å². The van der Waals surface area contributed by atoms with Gasteiger partial charge in [-0.25, -0.2) is 13.2 Å². The van der Waals surface area contributed by atoms with E-state index in [4.69, 9.17) is 5.11 Å². The number of aliphatic carboxylic acids is 1. The first-order chi connectivity index (χ1) is 8.09. The Bertz CT molecular complexity index is 454. The molecule has 0 aromatic heterocycles. The molecule has 0 unspecified atom stereocenters. The highest BCUT2D eigenvalue weighted by Crippen LogP contribution is 2.25. The molecule has 0 spiro atoms. The number of piperidine rings is 1. The van der Waals surface area contributed by atoms with E-state index in [9.17, 15) is 18.0 Å². The highest BCUT2D eigenvalue weighted by Gasteiger charge is 2.45. The summed E-state index contributed by atoms with van der Waals surface area (Å²) in [6, 6.07) is -0.910. The number of amides is 1. The van der Waals surface area contributed by atoms with Crippen molar-refractivity contribution in [2.75, 3.05) is 12.8 Å². The van der Waals surface area contributed by atoms with Crippen molar-refractivity contribution in [3.8, 4) is 0 Å². The molecule has 0 aliphatic carbocycles. The molecule has 0 aromatic carbocycles. The Kier molecular flexibility index (Phi) is 4.05. The SMILES string of the molecule is CC(C)(C(=O)N1CCCC[C@H]1C(=O)O)S(C)(=O)=O. The number of sulfone groups is 1. The average molecular weight is 277 g/mol. The Morgan fingerprint density at radius 1 is 1.28 bits per heavy atom. The maximum Gasteiger partial charge on any atom is 0.326 e. The zero-order valence-electron chi connectivity index (χ0n) is 10.8. The molecule has 18 heavy (non-hydrogen) atoms.